The van der Waals surface area contributed by atoms with Crippen LogP contribution in [0.3, 0.4) is 0 Å². The fourth-order valence-electron chi connectivity index (χ4n) is 1.58. The predicted octanol–water partition coefficient (Wildman–Crippen LogP) is 1.37. The predicted molar refractivity (Wildman–Crippen MR) is 72.2 cm³/mol. The van der Waals surface area contributed by atoms with Crippen LogP contribution in [0.15, 0.2) is 42.7 Å². The van der Waals surface area contributed by atoms with Crippen LogP contribution in [0.25, 0.3) is 5.69 Å². The zero-order valence-electron chi connectivity index (χ0n) is 11.0. The lowest BCUT2D eigenvalue weighted by Gasteiger charge is -2.22. The number of nitrogens with zero attached hydrogens (tertiary/aromatic N) is 2. The summed E-state index contributed by atoms with van der Waals surface area (Å²) in [7, 11) is 0. The van der Waals surface area contributed by atoms with Gasteiger partial charge in [0.05, 0.1) is 29.6 Å². The van der Waals surface area contributed by atoms with Gasteiger partial charge in [0.2, 0.25) is 0 Å². The van der Waals surface area contributed by atoms with E-state index in [2.05, 4.69) is 10.4 Å². The Bertz CT molecular complexity index is 561. The Kier molecular flexibility index (Phi) is 3.66. The van der Waals surface area contributed by atoms with Crippen molar-refractivity contribution in [3.8, 4) is 5.69 Å². The number of para-hydroxylation sites is 1. The number of aliphatic hydroxyl groups excluding tert-OH is 1. The standard InChI is InChI=1S/C14H17N3O2/c1-14(2,10-18)16-13(19)11-8-15-17(9-11)12-6-4-3-5-7-12/h3-9,18H,10H2,1-2H3,(H,16,19). The number of benzene rings is 1. The van der Waals surface area contributed by atoms with Crippen LogP contribution < -0.4 is 5.32 Å². The van der Waals surface area contributed by atoms with Crippen LogP contribution in [0.4, 0.5) is 0 Å². The zero-order chi connectivity index (χ0) is 13.9. The van der Waals surface area contributed by atoms with Crippen molar-refractivity contribution in [2.75, 3.05) is 6.61 Å². The number of hydrogen-bond acceptors (Lipinski definition) is 3. The zero-order valence-corrected chi connectivity index (χ0v) is 11.0. The number of carbonyl (C=O) groups excluding carboxylic acids is 1. The molecule has 1 amide bonds. The Morgan fingerprint density at radius 1 is 1.37 bits per heavy atom. The van der Waals surface area contributed by atoms with Gasteiger partial charge in [-0.1, -0.05) is 18.2 Å². The molecule has 0 unspecified atom stereocenters. The molecule has 2 rings (SSSR count). The van der Waals surface area contributed by atoms with Gasteiger partial charge in [0.15, 0.2) is 0 Å². The van der Waals surface area contributed by atoms with E-state index in [-0.39, 0.29) is 12.5 Å². The number of rotatable bonds is 4. The number of aromatic nitrogens is 2. The van der Waals surface area contributed by atoms with E-state index in [4.69, 9.17) is 5.11 Å². The molecule has 0 aliphatic carbocycles. The van der Waals surface area contributed by atoms with Gasteiger partial charge in [0.1, 0.15) is 0 Å². The maximum atomic E-state index is 12.0. The molecule has 2 aromatic rings. The Morgan fingerprint density at radius 2 is 2.05 bits per heavy atom. The molecule has 19 heavy (non-hydrogen) atoms. The molecule has 0 spiro atoms. The van der Waals surface area contributed by atoms with E-state index in [0.29, 0.717) is 5.56 Å². The second kappa shape index (κ2) is 5.24. The van der Waals surface area contributed by atoms with E-state index in [1.807, 2.05) is 30.3 Å². The molecule has 100 valence electrons. The van der Waals surface area contributed by atoms with Gasteiger partial charge in [-0.2, -0.15) is 5.10 Å². The molecular formula is C14H17N3O2. The SMILES string of the molecule is CC(C)(CO)NC(=O)c1cnn(-c2ccccc2)c1. The molecule has 0 radical (unpaired) electrons. The Morgan fingerprint density at radius 3 is 2.68 bits per heavy atom. The van der Waals surface area contributed by atoms with Crippen molar-refractivity contribution < 1.29 is 9.90 Å². The van der Waals surface area contributed by atoms with Crippen LogP contribution in [0.2, 0.25) is 0 Å². The Balaban J connectivity index is 2.16. The van der Waals surface area contributed by atoms with Crippen molar-refractivity contribution in [1.82, 2.24) is 15.1 Å². The van der Waals surface area contributed by atoms with Crippen LogP contribution >= 0.6 is 0 Å². The van der Waals surface area contributed by atoms with Gasteiger partial charge in [0.25, 0.3) is 5.91 Å². The summed E-state index contributed by atoms with van der Waals surface area (Å²) < 4.78 is 1.64. The summed E-state index contributed by atoms with van der Waals surface area (Å²) in [6.45, 7) is 3.39. The molecule has 5 heteroatoms. The van der Waals surface area contributed by atoms with E-state index < -0.39 is 5.54 Å². The monoisotopic (exact) mass is 259 g/mol. The van der Waals surface area contributed by atoms with E-state index >= 15 is 0 Å². The summed E-state index contributed by atoms with van der Waals surface area (Å²) in [5, 5.41) is 16.0. The molecule has 1 aromatic carbocycles. The minimum absolute atomic E-state index is 0.119. The van der Waals surface area contributed by atoms with E-state index in [9.17, 15) is 4.79 Å². The largest absolute Gasteiger partial charge is 0.394 e. The molecule has 0 fully saturated rings. The minimum atomic E-state index is -0.647. The molecule has 0 saturated heterocycles. The van der Waals surface area contributed by atoms with Crippen LogP contribution in [0, 0.1) is 0 Å². The van der Waals surface area contributed by atoms with Crippen molar-refractivity contribution in [3.63, 3.8) is 0 Å². The number of hydrogen-bond donors (Lipinski definition) is 2. The number of amides is 1. The lowest BCUT2D eigenvalue weighted by Crippen LogP contribution is -2.46. The molecule has 0 saturated carbocycles. The molecule has 2 N–H and O–H groups in total. The summed E-state index contributed by atoms with van der Waals surface area (Å²) in [4.78, 5) is 12.0. The van der Waals surface area contributed by atoms with Gasteiger partial charge < -0.3 is 10.4 Å². The molecular weight excluding hydrogens is 242 g/mol. The summed E-state index contributed by atoms with van der Waals surface area (Å²) in [5.74, 6) is -0.249. The smallest absolute Gasteiger partial charge is 0.254 e. The van der Waals surface area contributed by atoms with Gasteiger partial charge >= 0.3 is 0 Å². The summed E-state index contributed by atoms with van der Waals surface area (Å²) in [6.07, 6.45) is 3.17. The van der Waals surface area contributed by atoms with E-state index in [1.54, 1.807) is 24.7 Å². The molecule has 0 bridgehead atoms. The lowest BCUT2D eigenvalue weighted by molar-refractivity contribution is 0.0869. The highest BCUT2D eigenvalue weighted by Crippen LogP contribution is 2.09. The third-order valence-corrected chi connectivity index (χ3v) is 2.71. The van der Waals surface area contributed by atoms with Gasteiger partial charge in [-0.25, -0.2) is 4.68 Å². The highest BCUT2D eigenvalue weighted by Gasteiger charge is 2.20. The first-order valence-electron chi connectivity index (χ1n) is 6.05. The molecule has 1 heterocycles. The van der Waals surface area contributed by atoms with Crippen molar-refractivity contribution in [1.29, 1.82) is 0 Å². The first-order valence-corrected chi connectivity index (χ1v) is 6.05. The quantitative estimate of drug-likeness (QED) is 0.871. The summed E-state index contributed by atoms with van der Waals surface area (Å²) >= 11 is 0. The molecule has 0 aliphatic rings. The highest BCUT2D eigenvalue weighted by molar-refractivity contribution is 5.94. The Labute approximate surface area is 111 Å². The maximum absolute atomic E-state index is 12.0. The van der Waals surface area contributed by atoms with Gasteiger partial charge in [-0.05, 0) is 26.0 Å². The average molecular weight is 259 g/mol. The van der Waals surface area contributed by atoms with Gasteiger partial charge in [-0.15, -0.1) is 0 Å². The highest BCUT2D eigenvalue weighted by atomic mass is 16.3. The molecule has 0 atom stereocenters. The minimum Gasteiger partial charge on any atom is -0.394 e. The van der Waals surface area contributed by atoms with Crippen LogP contribution in [-0.4, -0.2) is 32.9 Å². The number of aliphatic hydroxyl groups is 1. The first kappa shape index (κ1) is 13.3. The van der Waals surface area contributed by atoms with Crippen molar-refractivity contribution in [3.05, 3.63) is 48.3 Å². The third-order valence-electron chi connectivity index (χ3n) is 2.71. The van der Waals surface area contributed by atoms with E-state index in [1.165, 1.54) is 6.20 Å². The molecule has 5 nitrogen and oxygen atoms in total. The lowest BCUT2D eigenvalue weighted by atomic mass is 10.1. The van der Waals surface area contributed by atoms with Gasteiger partial charge in [-0.3, -0.25) is 4.79 Å². The van der Waals surface area contributed by atoms with Crippen LogP contribution in [0.1, 0.15) is 24.2 Å². The van der Waals surface area contributed by atoms with Gasteiger partial charge in [0, 0.05) is 6.20 Å². The fraction of sp³-hybridized carbons (Fsp3) is 0.286. The molecule has 1 aromatic heterocycles. The number of carbonyl (C=O) groups is 1. The number of nitrogens with one attached hydrogen (secondary N) is 1. The maximum Gasteiger partial charge on any atom is 0.254 e. The Hall–Kier alpha value is -2.14. The van der Waals surface area contributed by atoms with Crippen molar-refractivity contribution in [2.24, 2.45) is 0 Å². The van der Waals surface area contributed by atoms with Crippen LogP contribution in [-0.2, 0) is 0 Å². The average Bonchev–Trinajstić information content (AvgIpc) is 2.89. The van der Waals surface area contributed by atoms with Crippen LogP contribution in [0.5, 0.6) is 0 Å². The summed E-state index contributed by atoms with van der Waals surface area (Å²) in [5.41, 5.74) is 0.708. The van der Waals surface area contributed by atoms with Crippen molar-refractivity contribution >= 4 is 5.91 Å². The summed E-state index contributed by atoms with van der Waals surface area (Å²) in [6, 6.07) is 9.56. The third kappa shape index (κ3) is 3.20. The first-order chi connectivity index (χ1) is 9.02. The normalized spacial score (nSPS) is 11.3. The topological polar surface area (TPSA) is 67.2 Å². The second-order valence-electron chi connectivity index (χ2n) is 5.01. The second-order valence-corrected chi connectivity index (χ2v) is 5.01. The van der Waals surface area contributed by atoms with Crippen molar-refractivity contribution in [2.45, 2.75) is 19.4 Å². The van der Waals surface area contributed by atoms with E-state index in [0.717, 1.165) is 5.69 Å². The molecule has 0 aliphatic heterocycles. The fourth-order valence-corrected chi connectivity index (χ4v) is 1.58.